The Morgan fingerprint density at radius 2 is 2.19 bits per heavy atom. The largest absolute Gasteiger partial charge is 0.326 e. The van der Waals surface area contributed by atoms with Crippen LogP contribution < -0.4 is 0 Å². The van der Waals surface area contributed by atoms with Gasteiger partial charge in [0.15, 0.2) is 0 Å². The molecule has 1 aliphatic carbocycles. The number of hydrogen-bond acceptors (Lipinski definition) is 3. The molecule has 0 saturated heterocycles. The summed E-state index contributed by atoms with van der Waals surface area (Å²) in [4.78, 5) is 4.63. The van der Waals surface area contributed by atoms with E-state index in [9.17, 15) is 0 Å². The summed E-state index contributed by atoms with van der Waals surface area (Å²) in [6.45, 7) is 0.932. The van der Waals surface area contributed by atoms with Crippen LogP contribution in [-0.2, 0) is 12.4 Å². The van der Waals surface area contributed by atoms with Crippen molar-refractivity contribution in [1.82, 2.24) is 9.55 Å². The number of hydrogen-bond donors (Lipinski definition) is 0. The highest BCUT2D eigenvalue weighted by atomic mass is 35.5. The van der Waals surface area contributed by atoms with Crippen molar-refractivity contribution < 1.29 is 0 Å². The highest BCUT2D eigenvalue weighted by Crippen LogP contribution is 2.42. The van der Waals surface area contributed by atoms with E-state index < -0.39 is 0 Å². The summed E-state index contributed by atoms with van der Waals surface area (Å²) in [5.41, 5.74) is 2.64. The van der Waals surface area contributed by atoms with Crippen molar-refractivity contribution in [3.05, 3.63) is 29.6 Å². The van der Waals surface area contributed by atoms with Gasteiger partial charge in [-0.3, -0.25) is 0 Å². The van der Waals surface area contributed by atoms with Gasteiger partial charge < -0.3 is 4.57 Å². The van der Waals surface area contributed by atoms with Crippen LogP contribution in [0, 0.1) is 11.3 Å². The molecule has 21 heavy (non-hydrogen) atoms. The number of aromatic nitrogens is 2. The highest BCUT2D eigenvalue weighted by molar-refractivity contribution is 8.00. The summed E-state index contributed by atoms with van der Waals surface area (Å²) in [7, 11) is 0. The Morgan fingerprint density at radius 3 is 2.81 bits per heavy atom. The second kappa shape index (κ2) is 5.90. The van der Waals surface area contributed by atoms with Crippen LogP contribution in [0.3, 0.4) is 0 Å². The molecule has 1 saturated carbocycles. The van der Waals surface area contributed by atoms with E-state index in [1.807, 2.05) is 30.0 Å². The summed E-state index contributed by atoms with van der Waals surface area (Å²) >= 11 is 8.06. The zero-order valence-electron chi connectivity index (χ0n) is 12.1. The second-order valence-corrected chi connectivity index (χ2v) is 7.20. The first-order chi connectivity index (χ1) is 10.2. The Hall–Kier alpha value is -1.18. The number of nitrogens with zero attached hydrogens (tertiary/aromatic N) is 3. The van der Waals surface area contributed by atoms with Gasteiger partial charge in [0.05, 0.1) is 28.5 Å². The van der Waals surface area contributed by atoms with E-state index in [2.05, 4.69) is 21.9 Å². The summed E-state index contributed by atoms with van der Waals surface area (Å²) in [6.07, 6.45) is 7.28. The van der Waals surface area contributed by atoms with E-state index in [0.717, 1.165) is 23.4 Å². The Kier molecular flexibility index (Phi) is 4.14. The third-order valence-corrected chi connectivity index (χ3v) is 6.11. The zero-order chi connectivity index (χ0) is 14.9. The van der Waals surface area contributed by atoms with Gasteiger partial charge in [0.1, 0.15) is 5.82 Å². The summed E-state index contributed by atoms with van der Waals surface area (Å²) < 4.78 is 2.52. The lowest BCUT2D eigenvalue weighted by atomic mass is 10.1. The fourth-order valence-corrected chi connectivity index (χ4v) is 4.41. The number of imidazole rings is 1. The van der Waals surface area contributed by atoms with Crippen LogP contribution in [0.2, 0.25) is 0 Å². The second-order valence-electron chi connectivity index (χ2n) is 5.66. The fourth-order valence-electron chi connectivity index (χ4n) is 3.25. The van der Waals surface area contributed by atoms with Gasteiger partial charge in [0.2, 0.25) is 0 Å². The van der Waals surface area contributed by atoms with E-state index in [1.165, 1.54) is 25.7 Å². The molecule has 1 heterocycles. The lowest BCUT2D eigenvalue weighted by molar-refractivity contribution is 0.505. The third-order valence-electron chi connectivity index (χ3n) is 4.47. The normalized spacial score (nSPS) is 17.2. The minimum Gasteiger partial charge on any atom is -0.326 e. The number of fused-ring (bicyclic) bond motifs is 1. The molecule has 5 heteroatoms. The van der Waals surface area contributed by atoms with Gasteiger partial charge in [-0.25, -0.2) is 4.98 Å². The minimum atomic E-state index is 0.289. The van der Waals surface area contributed by atoms with Gasteiger partial charge in [-0.2, -0.15) is 17.0 Å². The maximum Gasteiger partial charge on any atom is 0.124 e. The molecule has 2 aromatic rings. The number of nitriles is 1. The molecule has 0 atom stereocenters. The SMILES string of the molecule is CSC1(Cn2c(CCl)nc3ccc(C#N)cc32)CCCC1. The molecule has 3 nitrogen and oxygen atoms in total. The van der Waals surface area contributed by atoms with Crippen LogP contribution in [0.1, 0.15) is 37.1 Å². The molecule has 0 bridgehead atoms. The maximum absolute atomic E-state index is 9.12. The molecular weight excluding hydrogens is 302 g/mol. The third kappa shape index (κ3) is 2.65. The molecular formula is C16H18ClN3S. The van der Waals surface area contributed by atoms with Crippen LogP contribution in [0.25, 0.3) is 11.0 Å². The Morgan fingerprint density at radius 1 is 1.43 bits per heavy atom. The first-order valence-corrected chi connectivity index (χ1v) is 8.98. The summed E-state index contributed by atoms with van der Waals surface area (Å²) in [6, 6.07) is 7.88. The minimum absolute atomic E-state index is 0.289. The lowest BCUT2D eigenvalue weighted by Gasteiger charge is -2.28. The number of benzene rings is 1. The van der Waals surface area contributed by atoms with E-state index in [4.69, 9.17) is 16.9 Å². The molecule has 0 N–H and O–H groups in total. The van der Waals surface area contributed by atoms with Gasteiger partial charge in [0.25, 0.3) is 0 Å². The Labute approximate surface area is 134 Å². The van der Waals surface area contributed by atoms with Crippen molar-refractivity contribution in [3.8, 4) is 6.07 Å². The van der Waals surface area contributed by atoms with Crippen LogP contribution in [-0.4, -0.2) is 20.6 Å². The lowest BCUT2D eigenvalue weighted by Crippen LogP contribution is -2.27. The Bertz CT molecular complexity index is 695. The fraction of sp³-hybridized carbons (Fsp3) is 0.500. The van der Waals surface area contributed by atoms with E-state index >= 15 is 0 Å². The number of alkyl halides is 1. The van der Waals surface area contributed by atoms with E-state index in [1.54, 1.807) is 0 Å². The van der Waals surface area contributed by atoms with E-state index in [-0.39, 0.29) is 4.75 Å². The van der Waals surface area contributed by atoms with Crippen molar-refractivity contribution >= 4 is 34.4 Å². The van der Waals surface area contributed by atoms with Crippen LogP contribution in [0.4, 0.5) is 0 Å². The molecule has 1 fully saturated rings. The average Bonchev–Trinajstić information content (AvgIpc) is 3.12. The van der Waals surface area contributed by atoms with Gasteiger partial charge in [-0.15, -0.1) is 11.6 Å². The van der Waals surface area contributed by atoms with Crippen molar-refractivity contribution in [1.29, 1.82) is 5.26 Å². The van der Waals surface area contributed by atoms with Gasteiger partial charge in [-0.05, 0) is 37.3 Å². The topological polar surface area (TPSA) is 41.6 Å². The monoisotopic (exact) mass is 319 g/mol. The van der Waals surface area contributed by atoms with Gasteiger partial charge in [-0.1, -0.05) is 12.8 Å². The van der Waals surface area contributed by atoms with Crippen LogP contribution in [0.15, 0.2) is 18.2 Å². The predicted molar refractivity (Wildman–Crippen MR) is 88.7 cm³/mol. The molecule has 1 aromatic carbocycles. The smallest absolute Gasteiger partial charge is 0.124 e. The first-order valence-electron chi connectivity index (χ1n) is 7.22. The quantitative estimate of drug-likeness (QED) is 0.788. The molecule has 3 rings (SSSR count). The molecule has 0 radical (unpaired) electrons. The molecule has 1 aliphatic rings. The van der Waals surface area contributed by atoms with Gasteiger partial charge >= 0.3 is 0 Å². The van der Waals surface area contributed by atoms with E-state index in [0.29, 0.717) is 11.4 Å². The van der Waals surface area contributed by atoms with Crippen molar-refractivity contribution in [2.45, 2.75) is 42.9 Å². The predicted octanol–water partition coefficient (Wildman–Crippen LogP) is 4.32. The molecule has 0 unspecified atom stereocenters. The van der Waals surface area contributed by atoms with Crippen molar-refractivity contribution in [2.75, 3.05) is 6.26 Å². The van der Waals surface area contributed by atoms with Crippen molar-refractivity contribution in [2.24, 2.45) is 0 Å². The zero-order valence-corrected chi connectivity index (χ0v) is 13.7. The van der Waals surface area contributed by atoms with Crippen LogP contribution >= 0.6 is 23.4 Å². The number of halogens is 1. The average molecular weight is 320 g/mol. The van der Waals surface area contributed by atoms with Crippen LogP contribution in [0.5, 0.6) is 0 Å². The number of rotatable bonds is 4. The maximum atomic E-state index is 9.12. The summed E-state index contributed by atoms with van der Waals surface area (Å²) in [5, 5.41) is 9.12. The molecule has 0 spiro atoms. The Balaban J connectivity index is 2.09. The molecule has 0 aliphatic heterocycles. The molecule has 0 amide bonds. The molecule has 1 aromatic heterocycles. The summed E-state index contributed by atoms with van der Waals surface area (Å²) in [5.74, 6) is 1.31. The first kappa shape index (κ1) is 14.7. The molecule has 110 valence electrons. The highest BCUT2D eigenvalue weighted by Gasteiger charge is 2.34. The number of thioether (sulfide) groups is 1. The van der Waals surface area contributed by atoms with Crippen molar-refractivity contribution in [3.63, 3.8) is 0 Å². The van der Waals surface area contributed by atoms with Gasteiger partial charge in [0, 0.05) is 11.3 Å². The standard InChI is InChI=1S/C16H18ClN3S/c1-21-16(6-2-3-7-16)11-20-14-8-12(10-18)4-5-13(14)19-15(20)9-17/h4-5,8H,2-3,6-7,9,11H2,1H3.